The van der Waals surface area contributed by atoms with Gasteiger partial charge in [0.2, 0.25) is 11.8 Å². The second-order valence-corrected chi connectivity index (χ2v) is 7.05. The quantitative estimate of drug-likeness (QED) is 0.722. The van der Waals surface area contributed by atoms with Crippen molar-refractivity contribution in [3.8, 4) is 22.9 Å². The summed E-state index contributed by atoms with van der Waals surface area (Å²) in [5.74, 6) is 1.15. The minimum Gasteiger partial charge on any atom is -0.481 e. The van der Waals surface area contributed by atoms with Crippen molar-refractivity contribution in [1.82, 2.24) is 24.5 Å². The molecule has 9 heteroatoms. The number of piperidine rings is 1. The molecule has 0 unspecified atom stereocenters. The number of aromatic nitrogens is 4. The lowest BCUT2D eigenvalue weighted by Crippen LogP contribution is -2.41. The van der Waals surface area contributed by atoms with Gasteiger partial charge in [0, 0.05) is 55.5 Å². The van der Waals surface area contributed by atoms with Crippen LogP contribution in [0, 0.1) is 13.8 Å². The van der Waals surface area contributed by atoms with Crippen molar-refractivity contribution in [3.63, 3.8) is 0 Å². The van der Waals surface area contributed by atoms with E-state index in [0.29, 0.717) is 43.3 Å². The van der Waals surface area contributed by atoms with Crippen LogP contribution in [0.2, 0.25) is 0 Å². The number of rotatable bonds is 4. The predicted molar refractivity (Wildman–Crippen MR) is 105 cm³/mol. The van der Waals surface area contributed by atoms with E-state index in [-0.39, 0.29) is 6.10 Å². The van der Waals surface area contributed by atoms with Crippen molar-refractivity contribution < 1.29 is 19.4 Å². The van der Waals surface area contributed by atoms with Gasteiger partial charge in [0.25, 0.3) is 0 Å². The third-order valence-electron chi connectivity index (χ3n) is 5.20. The van der Waals surface area contributed by atoms with Crippen molar-refractivity contribution >= 4 is 11.7 Å². The maximum absolute atomic E-state index is 11.1. The second-order valence-electron chi connectivity index (χ2n) is 7.05. The number of carbonyl (C=O) groups is 1. The van der Waals surface area contributed by atoms with Gasteiger partial charge in [0.15, 0.2) is 5.65 Å². The Kier molecular flexibility index (Phi) is 4.96. The summed E-state index contributed by atoms with van der Waals surface area (Å²) in [5, 5.41) is 13.7. The number of hydrogen-bond acceptors (Lipinski definition) is 6. The summed E-state index contributed by atoms with van der Waals surface area (Å²) in [4.78, 5) is 21.5. The van der Waals surface area contributed by atoms with Crippen molar-refractivity contribution in [1.29, 1.82) is 0 Å². The Hall–Kier alpha value is -3.36. The largest absolute Gasteiger partial charge is 0.481 e. The minimum atomic E-state index is -0.884. The Morgan fingerprint density at radius 3 is 2.59 bits per heavy atom. The van der Waals surface area contributed by atoms with Gasteiger partial charge in [-0.25, -0.2) is 14.8 Å². The molecule has 1 fully saturated rings. The number of ether oxygens (including phenoxy) is 2. The van der Waals surface area contributed by atoms with E-state index in [1.54, 1.807) is 23.9 Å². The Bertz CT molecular complexity index is 1060. The second kappa shape index (κ2) is 7.57. The molecule has 0 bridgehead atoms. The number of pyridine rings is 1. The van der Waals surface area contributed by atoms with Crippen molar-refractivity contribution in [2.45, 2.75) is 32.8 Å². The Labute approximate surface area is 167 Å². The first kappa shape index (κ1) is 19.0. The first-order chi connectivity index (χ1) is 14.0. The molecule has 0 aromatic carbocycles. The van der Waals surface area contributed by atoms with Crippen LogP contribution in [-0.2, 0) is 0 Å². The molecule has 0 saturated carbocycles. The van der Waals surface area contributed by atoms with Crippen LogP contribution in [0.15, 0.2) is 24.4 Å². The standard InChI is InChI=1S/C20H23N5O4/c1-12-15(4-5-16(22-12)28-3)18-13(2)23-25-17(6-9-21-19(18)25)29-14-7-10-24(11-8-14)20(26)27/h4-6,9,14H,7-8,10-11H2,1-3H3,(H,26,27). The number of carboxylic acid groups (broad SMARTS) is 1. The van der Waals surface area contributed by atoms with Crippen LogP contribution in [-0.4, -0.2) is 62.0 Å². The fourth-order valence-corrected chi connectivity index (χ4v) is 3.69. The Balaban J connectivity index is 1.65. The molecule has 0 atom stereocenters. The average Bonchev–Trinajstić information content (AvgIpc) is 3.05. The highest BCUT2D eigenvalue weighted by atomic mass is 16.5. The van der Waals surface area contributed by atoms with E-state index < -0.39 is 6.09 Å². The molecule has 1 N–H and O–H groups in total. The van der Waals surface area contributed by atoms with E-state index in [1.807, 2.05) is 26.0 Å². The molecule has 1 aliphatic heterocycles. The number of fused-ring (bicyclic) bond motifs is 1. The number of aryl methyl sites for hydroxylation is 2. The minimum absolute atomic E-state index is 0.0615. The summed E-state index contributed by atoms with van der Waals surface area (Å²) in [5.41, 5.74) is 4.19. The van der Waals surface area contributed by atoms with E-state index in [9.17, 15) is 4.79 Å². The lowest BCUT2D eigenvalue weighted by molar-refractivity contribution is 0.0857. The molecule has 3 aromatic heterocycles. The molecule has 4 heterocycles. The van der Waals surface area contributed by atoms with Crippen molar-refractivity contribution in [3.05, 3.63) is 35.8 Å². The summed E-state index contributed by atoms with van der Waals surface area (Å²) in [6.07, 6.45) is 2.04. The fourth-order valence-electron chi connectivity index (χ4n) is 3.69. The van der Waals surface area contributed by atoms with Crippen LogP contribution in [0.3, 0.4) is 0 Å². The van der Waals surface area contributed by atoms with Gasteiger partial charge in [0.1, 0.15) is 6.10 Å². The van der Waals surface area contributed by atoms with Crippen LogP contribution in [0.1, 0.15) is 24.2 Å². The molecule has 3 aromatic rings. The third-order valence-corrected chi connectivity index (χ3v) is 5.20. The number of hydrogen-bond donors (Lipinski definition) is 1. The van der Waals surface area contributed by atoms with Crippen LogP contribution in [0.25, 0.3) is 16.8 Å². The molecule has 0 spiro atoms. The van der Waals surface area contributed by atoms with Crippen LogP contribution in [0.4, 0.5) is 4.79 Å². The van der Waals surface area contributed by atoms with Crippen molar-refractivity contribution in [2.24, 2.45) is 0 Å². The normalized spacial score (nSPS) is 14.9. The molecular formula is C20H23N5O4. The lowest BCUT2D eigenvalue weighted by atomic mass is 10.1. The molecule has 9 nitrogen and oxygen atoms in total. The SMILES string of the molecule is COc1ccc(-c2c(C)nn3c(OC4CCN(C(=O)O)CC4)ccnc23)c(C)n1. The summed E-state index contributed by atoms with van der Waals surface area (Å²) < 4.78 is 13.1. The predicted octanol–water partition coefficient (Wildman–Crippen LogP) is 2.94. The van der Waals surface area contributed by atoms with E-state index in [0.717, 1.165) is 22.5 Å². The zero-order chi connectivity index (χ0) is 20.5. The number of nitrogens with zero attached hydrogens (tertiary/aromatic N) is 5. The molecule has 29 heavy (non-hydrogen) atoms. The maximum atomic E-state index is 11.1. The van der Waals surface area contributed by atoms with Gasteiger partial charge in [-0.3, -0.25) is 0 Å². The van der Waals surface area contributed by atoms with Gasteiger partial charge in [-0.05, 0) is 19.9 Å². The zero-order valence-electron chi connectivity index (χ0n) is 16.6. The highest BCUT2D eigenvalue weighted by molar-refractivity contribution is 5.81. The van der Waals surface area contributed by atoms with Gasteiger partial charge in [-0.15, -0.1) is 0 Å². The Morgan fingerprint density at radius 1 is 1.17 bits per heavy atom. The molecule has 4 rings (SSSR count). The molecule has 1 saturated heterocycles. The lowest BCUT2D eigenvalue weighted by Gasteiger charge is -2.30. The molecule has 1 amide bonds. The van der Waals surface area contributed by atoms with E-state index in [2.05, 4.69) is 15.1 Å². The highest BCUT2D eigenvalue weighted by Gasteiger charge is 2.25. The highest BCUT2D eigenvalue weighted by Crippen LogP contribution is 2.32. The maximum Gasteiger partial charge on any atom is 0.407 e. The first-order valence-electron chi connectivity index (χ1n) is 9.49. The van der Waals surface area contributed by atoms with E-state index in [4.69, 9.17) is 14.6 Å². The number of likely N-dealkylation sites (tertiary alicyclic amines) is 1. The van der Waals surface area contributed by atoms with Gasteiger partial charge < -0.3 is 19.5 Å². The van der Waals surface area contributed by atoms with Crippen LogP contribution >= 0.6 is 0 Å². The van der Waals surface area contributed by atoms with Crippen molar-refractivity contribution in [2.75, 3.05) is 20.2 Å². The Morgan fingerprint density at radius 2 is 1.93 bits per heavy atom. The number of amides is 1. The zero-order valence-corrected chi connectivity index (χ0v) is 16.6. The van der Waals surface area contributed by atoms with Gasteiger partial charge in [0.05, 0.1) is 18.4 Å². The molecule has 0 radical (unpaired) electrons. The molecule has 152 valence electrons. The summed E-state index contributed by atoms with van der Waals surface area (Å²) >= 11 is 0. The first-order valence-corrected chi connectivity index (χ1v) is 9.49. The summed E-state index contributed by atoms with van der Waals surface area (Å²) in [6, 6.07) is 5.57. The van der Waals surface area contributed by atoms with Crippen LogP contribution < -0.4 is 9.47 Å². The third kappa shape index (κ3) is 3.55. The molecule has 1 aliphatic rings. The summed E-state index contributed by atoms with van der Waals surface area (Å²) in [6.45, 7) is 4.79. The number of methoxy groups -OCH3 is 1. The smallest absolute Gasteiger partial charge is 0.407 e. The fraction of sp³-hybridized carbons (Fsp3) is 0.400. The summed E-state index contributed by atoms with van der Waals surface area (Å²) in [7, 11) is 1.59. The molecular weight excluding hydrogens is 374 g/mol. The van der Waals surface area contributed by atoms with Gasteiger partial charge in [-0.1, -0.05) is 0 Å². The monoisotopic (exact) mass is 397 g/mol. The van der Waals surface area contributed by atoms with E-state index in [1.165, 1.54) is 4.90 Å². The molecule has 0 aliphatic carbocycles. The van der Waals surface area contributed by atoms with E-state index >= 15 is 0 Å². The van der Waals surface area contributed by atoms with Gasteiger partial charge >= 0.3 is 6.09 Å². The average molecular weight is 397 g/mol. The van der Waals surface area contributed by atoms with Crippen LogP contribution in [0.5, 0.6) is 11.8 Å². The topological polar surface area (TPSA) is 102 Å². The van der Waals surface area contributed by atoms with Gasteiger partial charge in [-0.2, -0.15) is 9.61 Å².